The molecule has 0 saturated carbocycles. The highest BCUT2D eigenvalue weighted by atomic mass is 32.2. The Hall–Kier alpha value is -2.24. The van der Waals surface area contributed by atoms with E-state index in [0.717, 1.165) is 6.07 Å². The molecule has 1 aliphatic rings. The van der Waals surface area contributed by atoms with Crippen LogP contribution in [0.15, 0.2) is 23.1 Å². The predicted molar refractivity (Wildman–Crippen MR) is 94.9 cm³/mol. The van der Waals surface area contributed by atoms with Crippen molar-refractivity contribution in [3.63, 3.8) is 0 Å². The minimum Gasteiger partial charge on any atom is -0.480 e. The molecule has 1 saturated heterocycles. The van der Waals surface area contributed by atoms with Crippen LogP contribution in [0.2, 0.25) is 0 Å². The topological polar surface area (TPSA) is 124 Å². The number of benzene rings is 1. The molecule has 0 bridgehead atoms. The van der Waals surface area contributed by atoms with Crippen LogP contribution in [0.4, 0.5) is 11.4 Å². The number of sulfonamides is 1. The molecule has 1 N–H and O–H groups in total. The number of nitro benzene ring substituents is 1. The molecular formula is C15H22N4O6S. The van der Waals surface area contributed by atoms with Gasteiger partial charge in [-0.25, -0.2) is 13.2 Å². The summed E-state index contributed by atoms with van der Waals surface area (Å²) in [4.78, 5) is 24.9. The molecule has 1 aromatic rings. The number of anilines is 1. The van der Waals surface area contributed by atoms with Crippen molar-refractivity contribution in [3.05, 3.63) is 28.3 Å². The minimum absolute atomic E-state index is 0.0437. The van der Waals surface area contributed by atoms with Gasteiger partial charge in [-0.15, -0.1) is 0 Å². The van der Waals surface area contributed by atoms with E-state index >= 15 is 0 Å². The van der Waals surface area contributed by atoms with E-state index in [2.05, 4.69) is 0 Å². The van der Waals surface area contributed by atoms with E-state index in [9.17, 15) is 23.3 Å². The third-order valence-corrected chi connectivity index (χ3v) is 6.46. The molecule has 10 nitrogen and oxygen atoms in total. The quantitative estimate of drug-likeness (QED) is 0.552. The first-order valence-corrected chi connectivity index (χ1v) is 9.42. The van der Waals surface area contributed by atoms with E-state index in [0.29, 0.717) is 26.2 Å². The second-order valence-corrected chi connectivity index (χ2v) is 8.18. The summed E-state index contributed by atoms with van der Waals surface area (Å²) < 4.78 is 26.8. The maximum absolute atomic E-state index is 12.8. The van der Waals surface area contributed by atoms with E-state index in [1.807, 2.05) is 11.9 Å². The first-order valence-electron chi connectivity index (χ1n) is 7.98. The maximum atomic E-state index is 12.8. The Morgan fingerprint density at radius 2 is 1.88 bits per heavy atom. The number of carboxylic acid groups (broad SMARTS) is 1. The molecule has 2 rings (SSSR count). The van der Waals surface area contributed by atoms with Crippen molar-refractivity contribution in [3.8, 4) is 0 Å². The molecule has 11 heteroatoms. The average molecular weight is 386 g/mol. The molecule has 144 valence electrons. The van der Waals surface area contributed by atoms with E-state index in [-0.39, 0.29) is 10.6 Å². The molecule has 1 heterocycles. The van der Waals surface area contributed by atoms with E-state index < -0.39 is 32.6 Å². The lowest BCUT2D eigenvalue weighted by Crippen LogP contribution is -2.47. The summed E-state index contributed by atoms with van der Waals surface area (Å²) in [7, 11) is -0.549. The van der Waals surface area contributed by atoms with Crippen molar-refractivity contribution >= 4 is 27.4 Å². The number of hydrogen-bond donors (Lipinski definition) is 1. The van der Waals surface area contributed by atoms with Gasteiger partial charge in [0.05, 0.1) is 9.82 Å². The van der Waals surface area contributed by atoms with E-state index in [1.54, 1.807) is 0 Å². The molecule has 0 spiro atoms. The van der Waals surface area contributed by atoms with Crippen LogP contribution >= 0.6 is 0 Å². The van der Waals surface area contributed by atoms with Crippen LogP contribution in [-0.4, -0.2) is 79.9 Å². The Balaban J connectivity index is 2.42. The minimum atomic E-state index is -3.85. The molecule has 1 aromatic carbocycles. The van der Waals surface area contributed by atoms with Gasteiger partial charge in [0.25, 0.3) is 5.69 Å². The Bertz CT molecular complexity index is 804. The largest absolute Gasteiger partial charge is 0.480 e. The second-order valence-electron chi connectivity index (χ2n) is 6.24. The highest BCUT2D eigenvalue weighted by molar-refractivity contribution is 7.89. The van der Waals surface area contributed by atoms with Gasteiger partial charge in [-0.05, 0) is 26.1 Å². The van der Waals surface area contributed by atoms with Crippen molar-refractivity contribution in [1.82, 2.24) is 9.21 Å². The number of likely N-dealkylation sites (N-methyl/N-ethyl adjacent to an activating group) is 2. The average Bonchev–Trinajstić information content (AvgIpc) is 2.60. The standard InChI is InChI=1S/C15H22N4O6S/c1-11(15(20)21)17(3)13-5-4-12(10-14(13)19(22)23)26(24,25)18-8-6-16(2)7-9-18/h4-5,10-11H,6-9H2,1-3H3,(H,20,21). The fraction of sp³-hybridized carbons (Fsp3) is 0.533. The zero-order valence-electron chi connectivity index (χ0n) is 14.8. The number of carboxylic acids is 1. The number of rotatable bonds is 6. The fourth-order valence-corrected chi connectivity index (χ4v) is 4.10. The van der Waals surface area contributed by atoms with Gasteiger partial charge in [-0.2, -0.15) is 4.31 Å². The van der Waals surface area contributed by atoms with Crippen molar-refractivity contribution in [2.24, 2.45) is 0 Å². The van der Waals surface area contributed by atoms with Crippen molar-refractivity contribution in [1.29, 1.82) is 0 Å². The molecule has 0 amide bonds. The first-order chi connectivity index (χ1) is 12.1. The van der Waals surface area contributed by atoms with Gasteiger partial charge in [0.2, 0.25) is 10.0 Å². The van der Waals surface area contributed by atoms with Crippen molar-refractivity contribution < 1.29 is 23.2 Å². The summed E-state index contributed by atoms with van der Waals surface area (Å²) in [6.45, 7) is 3.17. The summed E-state index contributed by atoms with van der Waals surface area (Å²) in [5, 5.41) is 20.5. The van der Waals surface area contributed by atoms with Crippen LogP contribution in [0.3, 0.4) is 0 Å². The molecule has 1 unspecified atom stereocenters. The van der Waals surface area contributed by atoms with Crippen LogP contribution in [0, 0.1) is 10.1 Å². The van der Waals surface area contributed by atoms with Gasteiger partial charge in [0, 0.05) is 39.3 Å². The van der Waals surface area contributed by atoms with Crippen LogP contribution < -0.4 is 4.90 Å². The van der Waals surface area contributed by atoms with Crippen LogP contribution in [0.25, 0.3) is 0 Å². The zero-order valence-corrected chi connectivity index (χ0v) is 15.6. The summed E-state index contributed by atoms with van der Waals surface area (Å²) in [6.07, 6.45) is 0. The Morgan fingerprint density at radius 1 is 1.31 bits per heavy atom. The second kappa shape index (κ2) is 7.56. The van der Waals surface area contributed by atoms with Crippen molar-refractivity contribution in [2.45, 2.75) is 17.9 Å². The maximum Gasteiger partial charge on any atom is 0.326 e. The highest BCUT2D eigenvalue weighted by Gasteiger charge is 2.31. The number of nitrogens with zero attached hydrogens (tertiary/aromatic N) is 4. The number of hydrogen-bond acceptors (Lipinski definition) is 7. The lowest BCUT2D eigenvalue weighted by atomic mass is 10.2. The predicted octanol–water partition coefficient (Wildman–Crippen LogP) is 0.440. The van der Waals surface area contributed by atoms with Crippen LogP contribution in [-0.2, 0) is 14.8 Å². The lowest BCUT2D eigenvalue weighted by Gasteiger charge is -2.31. The van der Waals surface area contributed by atoms with Gasteiger partial charge >= 0.3 is 5.97 Å². The summed E-state index contributed by atoms with van der Waals surface area (Å²) in [5.41, 5.74) is -0.405. The third kappa shape index (κ3) is 3.94. The summed E-state index contributed by atoms with van der Waals surface area (Å²) in [6, 6.07) is 2.55. The Morgan fingerprint density at radius 3 is 2.38 bits per heavy atom. The van der Waals surface area contributed by atoms with Crippen LogP contribution in [0.5, 0.6) is 0 Å². The molecule has 26 heavy (non-hydrogen) atoms. The zero-order chi connectivity index (χ0) is 19.6. The number of piperazine rings is 1. The molecule has 0 radical (unpaired) electrons. The SMILES string of the molecule is CC(C(=O)O)N(C)c1ccc(S(=O)(=O)N2CCN(C)CC2)cc1[N+](=O)[O-]. The van der Waals surface area contributed by atoms with Crippen LogP contribution in [0.1, 0.15) is 6.92 Å². The summed E-state index contributed by atoms with van der Waals surface area (Å²) in [5.74, 6) is -1.14. The van der Waals surface area contributed by atoms with Gasteiger partial charge in [-0.1, -0.05) is 0 Å². The normalized spacial score (nSPS) is 17.7. The van der Waals surface area contributed by atoms with Gasteiger partial charge < -0.3 is 14.9 Å². The third-order valence-electron chi connectivity index (χ3n) is 4.56. The lowest BCUT2D eigenvalue weighted by molar-refractivity contribution is -0.384. The molecule has 1 atom stereocenters. The Labute approximate surface area is 151 Å². The molecule has 1 fully saturated rings. The van der Waals surface area contributed by atoms with Gasteiger partial charge in [0.15, 0.2) is 0 Å². The molecule has 0 aliphatic carbocycles. The number of aliphatic carboxylic acids is 1. The van der Waals surface area contributed by atoms with Crippen molar-refractivity contribution in [2.75, 3.05) is 45.2 Å². The monoisotopic (exact) mass is 386 g/mol. The molecular weight excluding hydrogens is 364 g/mol. The van der Waals surface area contributed by atoms with E-state index in [4.69, 9.17) is 5.11 Å². The van der Waals surface area contributed by atoms with Gasteiger partial charge in [-0.3, -0.25) is 10.1 Å². The van der Waals surface area contributed by atoms with Gasteiger partial charge in [0.1, 0.15) is 11.7 Å². The summed E-state index contributed by atoms with van der Waals surface area (Å²) >= 11 is 0. The first kappa shape index (κ1) is 20.1. The molecule has 0 aromatic heterocycles. The number of carbonyl (C=O) groups is 1. The highest BCUT2D eigenvalue weighted by Crippen LogP contribution is 2.32. The van der Waals surface area contributed by atoms with E-state index in [1.165, 1.54) is 35.3 Å². The number of nitro groups is 1. The fourth-order valence-electron chi connectivity index (χ4n) is 2.66. The Kier molecular flexibility index (Phi) is 5.84. The molecule has 1 aliphatic heterocycles. The smallest absolute Gasteiger partial charge is 0.326 e.